The van der Waals surface area contributed by atoms with E-state index in [2.05, 4.69) is 0 Å². The van der Waals surface area contributed by atoms with Crippen molar-refractivity contribution in [2.24, 2.45) is 0 Å². The van der Waals surface area contributed by atoms with E-state index in [1.165, 1.54) is 12.1 Å². The molecule has 0 heterocycles. The average Bonchev–Trinajstić information content (AvgIpc) is 2.21. The van der Waals surface area contributed by atoms with Crippen molar-refractivity contribution >= 4 is 5.69 Å². The molecule has 1 rings (SSSR count). The van der Waals surface area contributed by atoms with Gasteiger partial charge >= 0.3 is 0 Å². The monoisotopic (exact) mass is 211 g/mol. The molecule has 15 heavy (non-hydrogen) atoms. The molecule has 0 aliphatic carbocycles. The molecule has 0 bridgehead atoms. The van der Waals surface area contributed by atoms with Crippen LogP contribution in [0.1, 0.15) is 20.8 Å². The first-order valence-corrected chi connectivity index (χ1v) is 5.26. The summed E-state index contributed by atoms with van der Waals surface area (Å²) in [6.45, 7) is 6.52. The summed E-state index contributed by atoms with van der Waals surface area (Å²) in [6.07, 6.45) is -0.407. The van der Waals surface area contributed by atoms with Crippen molar-refractivity contribution in [3.63, 3.8) is 0 Å². The number of nitrogens with zero attached hydrogens (tertiary/aromatic N) is 1. The fourth-order valence-corrected chi connectivity index (χ4v) is 1.60. The number of anilines is 1. The molecule has 1 aromatic carbocycles. The Morgan fingerprint density at radius 3 is 2.20 bits per heavy atom. The zero-order valence-electron chi connectivity index (χ0n) is 9.44. The molecule has 0 spiro atoms. The van der Waals surface area contributed by atoms with E-state index >= 15 is 0 Å². The lowest BCUT2D eigenvalue weighted by atomic mass is 10.1. The van der Waals surface area contributed by atoms with Crippen molar-refractivity contribution in [1.29, 1.82) is 0 Å². The fraction of sp³-hybridized carbons (Fsp3) is 0.500. The normalized spacial score (nSPS) is 14.7. The van der Waals surface area contributed by atoms with Crippen LogP contribution in [0.3, 0.4) is 0 Å². The third kappa shape index (κ3) is 2.93. The van der Waals surface area contributed by atoms with Gasteiger partial charge in [0.1, 0.15) is 5.82 Å². The second-order valence-corrected chi connectivity index (χ2v) is 3.74. The largest absolute Gasteiger partial charge is 0.391 e. The molecule has 0 aliphatic rings. The van der Waals surface area contributed by atoms with E-state index in [0.717, 1.165) is 12.2 Å². The van der Waals surface area contributed by atoms with Gasteiger partial charge in [-0.15, -0.1) is 0 Å². The van der Waals surface area contributed by atoms with Crippen molar-refractivity contribution in [1.82, 2.24) is 0 Å². The zero-order valence-corrected chi connectivity index (χ0v) is 9.44. The first kappa shape index (κ1) is 12.0. The number of likely N-dealkylation sites (N-methyl/N-ethyl adjacent to an activating group) is 1. The molecule has 84 valence electrons. The summed E-state index contributed by atoms with van der Waals surface area (Å²) in [7, 11) is 0. The molecule has 1 N–H and O–H groups in total. The molecule has 0 saturated carbocycles. The number of hydrogen-bond donors (Lipinski definition) is 1. The minimum absolute atomic E-state index is 0.0282. The van der Waals surface area contributed by atoms with Crippen LogP contribution in [0, 0.1) is 5.82 Å². The Balaban J connectivity index is 2.87. The standard InChI is InChI=1S/C12H18FNO/c1-4-14(9(2)10(3)15)12-7-5-11(13)6-8-12/h5-10,15H,4H2,1-3H3. The van der Waals surface area contributed by atoms with Gasteiger partial charge in [-0.3, -0.25) is 0 Å². The predicted molar refractivity (Wildman–Crippen MR) is 60.6 cm³/mol. The van der Waals surface area contributed by atoms with Crippen molar-refractivity contribution in [2.75, 3.05) is 11.4 Å². The molecular formula is C12H18FNO. The van der Waals surface area contributed by atoms with Crippen LogP contribution in [-0.4, -0.2) is 23.8 Å². The number of hydrogen-bond acceptors (Lipinski definition) is 2. The molecular weight excluding hydrogens is 193 g/mol. The first-order valence-electron chi connectivity index (χ1n) is 5.26. The van der Waals surface area contributed by atoms with Crippen LogP contribution >= 0.6 is 0 Å². The van der Waals surface area contributed by atoms with Crippen LogP contribution in [0.5, 0.6) is 0 Å². The molecule has 2 unspecified atom stereocenters. The van der Waals surface area contributed by atoms with Gasteiger partial charge in [-0.05, 0) is 45.0 Å². The van der Waals surface area contributed by atoms with Gasteiger partial charge in [0.15, 0.2) is 0 Å². The number of halogens is 1. The number of aliphatic hydroxyl groups excluding tert-OH is 1. The lowest BCUT2D eigenvalue weighted by Gasteiger charge is -2.32. The Hall–Kier alpha value is -1.09. The maximum atomic E-state index is 12.7. The maximum Gasteiger partial charge on any atom is 0.123 e. The summed E-state index contributed by atoms with van der Waals surface area (Å²) < 4.78 is 12.7. The molecule has 0 aromatic heterocycles. The molecule has 0 amide bonds. The van der Waals surface area contributed by atoms with Gasteiger partial charge in [0.05, 0.1) is 12.1 Å². The van der Waals surface area contributed by atoms with Crippen LogP contribution in [-0.2, 0) is 0 Å². The SMILES string of the molecule is CCN(c1ccc(F)cc1)C(C)C(C)O. The third-order valence-electron chi connectivity index (χ3n) is 2.69. The molecule has 2 atom stereocenters. The summed E-state index contributed by atoms with van der Waals surface area (Å²) in [6, 6.07) is 6.37. The summed E-state index contributed by atoms with van der Waals surface area (Å²) in [5.41, 5.74) is 0.937. The maximum absolute atomic E-state index is 12.7. The average molecular weight is 211 g/mol. The van der Waals surface area contributed by atoms with Crippen LogP contribution in [0.2, 0.25) is 0 Å². The third-order valence-corrected chi connectivity index (χ3v) is 2.69. The summed E-state index contributed by atoms with van der Waals surface area (Å²) in [4.78, 5) is 2.05. The van der Waals surface area contributed by atoms with Gasteiger partial charge in [0.2, 0.25) is 0 Å². The van der Waals surface area contributed by atoms with E-state index in [1.807, 2.05) is 18.7 Å². The molecule has 0 fully saturated rings. The van der Waals surface area contributed by atoms with Crippen molar-refractivity contribution in [2.45, 2.75) is 32.9 Å². The number of rotatable bonds is 4. The molecule has 1 aromatic rings. The molecule has 0 radical (unpaired) electrons. The van der Waals surface area contributed by atoms with E-state index in [9.17, 15) is 9.50 Å². The van der Waals surface area contributed by atoms with E-state index in [-0.39, 0.29) is 11.9 Å². The number of aliphatic hydroxyl groups is 1. The highest BCUT2D eigenvalue weighted by Crippen LogP contribution is 2.18. The molecule has 3 heteroatoms. The zero-order chi connectivity index (χ0) is 11.4. The summed E-state index contributed by atoms with van der Waals surface area (Å²) >= 11 is 0. The van der Waals surface area contributed by atoms with Gasteiger partial charge in [-0.25, -0.2) is 4.39 Å². The van der Waals surface area contributed by atoms with Crippen molar-refractivity contribution in [3.05, 3.63) is 30.1 Å². The first-order chi connectivity index (χ1) is 7.06. The van der Waals surface area contributed by atoms with E-state index in [4.69, 9.17) is 0 Å². The summed E-state index contributed by atoms with van der Waals surface area (Å²) in [5.74, 6) is -0.237. The predicted octanol–water partition coefficient (Wildman–Crippen LogP) is 2.42. The second-order valence-electron chi connectivity index (χ2n) is 3.74. The smallest absolute Gasteiger partial charge is 0.123 e. The van der Waals surface area contributed by atoms with E-state index in [0.29, 0.717) is 0 Å². The Labute approximate surface area is 90.3 Å². The van der Waals surface area contributed by atoms with E-state index < -0.39 is 6.10 Å². The highest BCUT2D eigenvalue weighted by molar-refractivity contribution is 5.47. The Morgan fingerprint density at radius 2 is 1.80 bits per heavy atom. The van der Waals surface area contributed by atoms with Crippen molar-refractivity contribution < 1.29 is 9.50 Å². The second kappa shape index (κ2) is 5.12. The number of benzene rings is 1. The fourth-order valence-electron chi connectivity index (χ4n) is 1.60. The van der Waals surface area contributed by atoms with Gasteiger partial charge in [0.25, 0.3) is 0 Å². The van der Waals surface area contributed by atoms with Crippen LogP contribution in [0.4, 0.5) is 10.1 Å². The minimum atomic E-state index is -0.407. The lowest BCUT2D eigenvalue weighted by molar-refractivity contribution is 0.166. The summed E-state index contributed by atoms with van der Waals surface area (Å²) in [5, 5.41) is 9.52. The van der Waals surface area contributed by atoms with Crippen LogP contribution < -0.4 is 4.90 Å². The van der Waals surface area contributed by atoms with Crippen LogP contribution in [0.15, 0.2) is 24.3 Å². The molecule has 2 nitrogen and oxygen atoms in total. The Morgan fingerprint density at radius 1 is 1.27 bits per heavy atom. The highest BCUT2D eigenvalue weighted by Gasteiger charge is 2.17. The van der Waals surface area contributed by atoms with Gasteiger partial charge in [-0.1, -0.05) is 0 Å². The van der Waals surface area contributed by atoms with Crippen LogP contribution in [0.25, 0.3) is 0 Å². The topological polar surface area (TPSA) is 23.5 Å². The van der Waals surface area contributed by atoms with Crippen molar-refractivity contribution in [3.8, 4) is 0 Å². The molecule has 0 aliphatic heterocycles. The minimum Gasteiger partial charge on any atom is -0.391 e. The Kier molecular flexibility index (Phi) is 4.09. The van der Waals surface area contributed by atoms with Gasteiger partial charge < -0.3 is 10.0 Å². The quantitative estimate of drug-likeness (QED) is 0.826. The van der Waals surface area contributed by atoms with Gasteiger partial charge in [-0.2, -0.15) is 0 Å². The highest BCUT2D eigenvalue weighted by atomic mass is 19.1. The molecule has 0 saturated heterocycles. The van der Waals surface area contributed by atoms with E-state index in [1.54, 1.807) is 19.1 Å². The lowest BCUT2D eigenvalue weighted by Crippen LogP contribution is -2.40. The van der Waals surface area contributed by atoms with Gasteiger partial charge in [0, 0.05) is 12.2 Å². The Bertz CT molecular complexity index is 297.